The number of nitrogens with one attached hydrogen (secondary N) is 1. The fourth-order valence-electron chi connectivity index (χ4n) is 3.11. The van der Waals surface area contributed by atoms with Crippen LogP contribution in [0.5, 0.6) is 0 Å². The quantitative estimate of drug-likeness (QED) is 0.846. The zero-order valence-electron chi connectivity index (χ0n) is 14.2. The lowest BCUT2D eigenvalue weighted by atomic mass is 9.91. The maximum Gasteiger partial charge on any atom is 0.254 e. The van der Waals surface area contributed by atoms with Crippen LogP contribution in [0.1, 0.15) is 48.7 Å². The van der Waals surface area contributed by atoms with Crippen molar-refractivity contribution in [2.75, 3.05) is 0 Å². The molecule has 0 bridgehead atoms. The number of hydrogen-bond acceptors (Lipinski definition) is 4. The van der Waals surface area contributed by atoms with Gasteiger partial charge in [-0.05, 0) is 44.2 Å². The Balaban J connectivity index is 0.00000156. The third-order valence-electron chi connectivity index (χ3n) is 4.42. The first-order valence-corrected chi connectivity index (χ1v) is 8.23. The molecule has 2 aromatic rings. The number of carbonyl (C=O) groups is 1. The largest absolute Gasteiger partial charge is 0.349 e. The average Bonchev–Trinajstić information content (AvgIpc) is 3.02. The Morgan fingerprint density at radius 1 is 1.28 bits per heavy atom. The minimum Gasteiger partial charge on any atom is -0.349 e. The van der Waals surface area contributed by atoms with Crippen molar-refractivity contribution in [1.82, 2.24) is 20.1 Å². The van der Waals surface area contributed by atoms with Crippen LogP contribution in [0.2, 0.25) is 0 Å². The molecule has 0 spiro atoms. The van der Waals surface area contributed by atoms with E-state index in [1.54, 1.807) is 17.1 Å². The molecule has 0 aromatic carbocycles. The fourth-order valence-corrected chi connectivity index (χ4v) is 3.11. The highest BCUT2D eigenvalue weighted by Gasteiger charge is 2.23. The highest BCUT2D eigenvalue weighted by atomic mass is 35.5. The number of pyridine rings is 1. The third kappa shape index (κ3) is 4.93. The van der Waals surface area contributed by atoms with Gasteiger partial charge in [0.05, 0.1) is 17.5 Å². The van der Waals surface area contributed by atoms with E-state index in [0.717, 1.165) is 43.6 Å². The molecule has 0 saturated heterocycles. The number of nitrogens with zero attached hydrogens (tertiary/aromatic N) is 3. The maximum absolute atomic E-state index is 12.6. The van der Waals surface area contributed by atoms with Crippen molar-refractivity contribution in [2.24, 2.45) is 5.73 Å². The van der Waals surface area contributed by atoms with Crippen molar-refractivity contribution in [3.63, 3.8) is 0 Å². The first-order valence-electron chi connectivity index (χ1n) is 8.23. The smallest absolute Gasteiger partial charge is 0.254 e. The van der Waals surface area contributed by atoms with E-state index in [-0.39, 0.29) is 42.8 Å². The number of carbonyl (C=O) groups excluding carboxylic acids is 1. The average molecular weight is 386 g/mol. The van der Waals surface area contributed by atoms with Gasteiger partial charge in [-0.15, -0.1) is 24.8 Å². The minimum absolute atomic E-state index is 0. The second-order valence-corrected chi connectivity index (χ2v) is 6.04. The molecule has 2 heterocycles. The van der Waals surface area contributed by atoms with Crippen molar-refractivity contribution in [1.29, 1.82) is 0 Å². The van der Waals surface area contributed by atoms with Crippen LogP contribution in [0.25, 0.3) is 5.82 Å². The van der Waals surface area contributed by atoms with Gasteiger partial charge in [0, 0.05) is 18.3 Å². The Hall–Kier alpha value is -1.63. The number of aromatic nitrogens is 3. The molecule has 8 heteroatoms. The highest BCUT2D eigenvalue weighted by Crippen LogP contribution is 2.19. The zero-order valence-corrected chi connectivity index (χ0v) is 15.9. The van der Waals surface area contributed by atoms with Crippen LogP contribution < -0.4 is 11.1 Å². The van der Waals surface area contributed by atoms with Gasteiger partial charge in [-0.25, -0.2) is 9.67 Å². The van der Waals surface area contributed by atoms with Crippen LogP contribution in [0.4, 0.5) is 0 Å². The Morgan fingerprint density at radius 2 is 2.00 bits per heavy atom. The molecule has 0 unspecified atom stereocenters. The highest BCUT2D eigenvalue weighted by molar-refractivity contribution is 5.95. The normalized spacial score (nSPS) is 19.4. The van der Waals surface area contributed by atoms with Crippen molar-refractivity contribution in [2.45, 2.75) is 51.1 Å². The van der Waals surface area contributed by atoms with Crippen LogP contribution in [-0.2, 0) is 6.42 Å². The number of halogens is 2. The molecule has 6 nitrogen and oxygen atoms in total. The van der Waals surface area contributed by atoms with E-state index < -0.39 is 0 Å². The van der Waals surface area contributed by atoms with E-state index >= 15 is 0 Å². The number of rotatable bonds is 4. The van der Waals surface area contributed by atoms with Gasteiger partial charge in [0.25, 0.3) is 5.91 Å². The van der Waals surface area contributed by atoms with Crippen LogP contribution >= 0.6 is 24.8 Å². The lowest BCUT2D eigenvalue weighted by molar-refractivity contribution is 0.0925. The molecular formula is C17H25Cl2N5O. The Labute approximate surface area is 160 Å². The second-order valence-electron chi connectivity index (χ2n) is 6.04. The molecule has 3 rings (SSSR count). The van der Waals surface area contributed by atoms with E-state index in [1.165, 1.54) is 0 Å². The Bertz CT molecular complexity index is 669. The van der Waals surface area contributed by atoms with Gasteiger partial charge >= 0.3 is 0 Å². The van der Waals surface area contributed by atoms with Crippen LogP contribution in [-0.4, -0.2) is 32.8 Å². The van der Waals surface area contributed by atoms with Gasteiger partial charge in [-0.1, -0.05) is 13.0 Å². The monoisotopic (exact) mass is 385 g/mol. The van der Waals surface area contributed by atoms with E-state index in [2.05, 4.69) is 15.4 Å². The fraction of sp³-hybridized carbons (Fsp3) is 0.471. The van der Waals surface area contributed by atoms with Crippen LogP contribution in [0.3, 0.4) is 0 Å². The molecule has 1 saturated carbocycles. The summed E-state index contributed by atoms with van der Waals surface area (Å²) in [5, 5.41) is 7.48. The molecule has 0 atom stereocenters. The lowest BCUT2D eigenvalue weighted by Gasteiger charge is -2.26. The summed E-state index contributed by atoms with van der Waals surface area (Å²) in [6.45, 7) is 2.02. The molecule has 2 aromatic heterocycles. The molecule has 1 aliphatic rings. The van der Waals surface area contributed by atoms with Crippen molar-refractivity contribution in [3.8, 4) is 5.82 Å². The van der Waals surface area contributed by atoms with Gasteiger partial charge in [-0.3, -0.25) is 4.79 Å². The topological polar surface area (TPSA) is 85.8 Å². The van der Waals surface area contributed by atoms with Crippen molar-refractivity contribution in [3.05, 3.63) is 41.9 Å². The summed E-state index contributed by atoms with van der Waals surface area (Å²) in [5.74, 6) is 0.677. The molecule has 1 amide bonds. The predicted octanol–water partition coefficient (Wildman–Crippen LogP) is 2.67. The molecule has 0 radical (unpaired) electrons. The van der Waals surface area contributed by atoms with E-state index in [1.807, 2.05) is 25.1 Å². The Kier molecular flexibility index (Phi) is 8.35. The third-order valence-corrected chi connectivity index (χ3v) is 4.42. The lowest BCUT2D eigenvalue weighted by Crippen LogP contribution is -2.40. The molecular weight excluding hydrogens is 361 g/mol. The van der Waals surface area contributed by atoms with Gasteiger partial charge in [0.1, 0.15) is 0 Å². The van der Waals surface area contributed by atoms with Crippen LogP contribution in [0, 0.1) is 0 Å². The zero-order chi connectivity index (χ0) is 16.2. The summed E-state index contributed by atoms with van der Waals surface area (Å²) in [5.41, 5.74) is 7.43. The summed E-state index contributed by atoms with van der Waals surface area (Å²) in [4.78, 5) is 16.9. The second kappa shape index (κ2) is 9.75. The van der Waals surface area contributed by atoms with E-state index in [9.17, 15) is 4.79 Å². The number of nitrogens with two attached hydrogens (primary N) is 1. The van der Waals surface area contributed by atoms with Crippen molar-refractivity contribution >= 4 is 30.7 Å². The maximum atomic E-state index is 12.6. The van der Waals surface area contributed by atoms with E-state index in [4.69, 9.17) is 5.73 Å². The first kappa shape index (κ1) is 21.4. The van der Waals surface area contributed by atoms with Crippen LogP contribution in [0.15, 0.2) is 30.6 Å². The molecule has 1 fully saturated rings. The minimum atomic E-state index is -0.0514. The van der Waals surface area contributed by atoms with E-state index in [0.29, 0.717) is 5.56 Å². The summed E-state index contributed by atoms with van der Waals surface area (Å²) < 4.78 is 1.74. The predicted molar refractivity (Wildman–Crippen MR) is 103 cm³/mol. The molecule has 25 heavy (non-hydrogen) atoms. The molecule has 138 valence electrons. The first-order chi connectivity index (χ1) is 11.2. The SMILES string of the molecule is CCc1c(C(=O)NC2CCC(N)CC2)cnn1-c1ccccn1.Cl.Cl. The molecule has 1 aliphatic carbocycles. The van der Waals surface area contributed by atoms with Gasteiger partial charge in [0.2, 0.25) is 0 Å². The van der Waals surface area contributed by atoms with Gasteiger partial charge in [0.15, 0.2) is 5.82 Å². The van der Waals surface area contributed by atoms with Crippen molar-refractivity contribution < 1.29 is 4.79 Å². The number of amides is 1. The summed E-state index contributed by atoms with van der Waals surface area (Å²) in [6, 6.07) is 6.15. The summed E-state index contributed by atoms with van der Waals surface area (Å²) in [7, 11) is 0. The molecule has 3 N–H and O–H groups in total. The van der Waals surface area contributed by atoms with Gasteiger partial charge in [-0.2, -0.15) is 5.10 Å². The Morgan fingerprint density at radius 3 is 2.60 bits per heavy atom. The molecule has 0 aliphatic heterocycles. The van der Waals surface area contributed by atoms with Gasteiger partial charge < -0.3 is 11.1 Å². The summed E-state index contributed by atoms with van der Waals surface area (Å²) in [6.07, 6.45) is 7.91. The number of hydrogen-bond donors (Lipinski definition) is 2. The standard InChI is InChI=1S/C17H23N5O.2ClH/c1-2-15-14(11-20-22(15)16-5-3-4-10-19-16)17(23)21-13-8-6-12(18)7-9-13;;/h3-5,10-13H,2,6-9,18H2,1H3,(H,21,23);2*1H. The summed E-state index contributed by atoms with van der Waals surface area (Å²) >= 11 is 0.